The lowest BCUT2D eigenvalue weighted by molar-refractivity contribution is 0.768. The summed E-state index contributed by atoms with van der Waals surface area (Å²) in [5, 5.41) is 7.13. The van der Waals surface area contributed by atoms with E-state index in [0.717, 1.165) is 5.69 Å². The third-order valence-corrected chi connectivity index (χ3v) is 1.84. The van der Waals surface area contributed by atoms with Crippen molar-refractivity contribution in [2.24, 2.45) is 7.05 Å². The average molecular weight is 204 g/mol. The zero-order valence-corrected chi connectivity index (χ0v) is 8.60. The zero-order valence-electron chi connectivity index (χ0n) is 8.60. The number of anilines is 3. The van der Waals surface area contributed by atoms with Crippen LogP contribution in [0.25, 0.3) is 0 Å². The lowest BCUT2D eigenvalue weighted by Gasteiger charge is -2.03. The van der Waals surface area contributed by atoms with E-state index in [2.05, 4.69) is 20.4 Å². The predicted octanol–water partition coefficient (Wildman–Crippen LogP) is 0.844. The minimum atomic E-state index is 0.453. The van der Waals surface area contributed by atoms with Gasteiger partial charge >= 0.3 is 0 Å². The molecule has 0 bridgehead atoms. The number of hydrogen-bond donors (Lipinski definition) is 2. The topological polar surface area (TPSA) is 81.6 Å². The summed E-state index contributed by atoms with van der Waals surface area (Å²) in [7, 11) is 1.85. The first kappa shape index (κ1) is 9.45. The van der Waals surface area contributed by atoms with Gasteiger partial charge in [0.25, 0.3) is 0 Å². The average Bonchev–Trinajstić information content (AvgIpc) is 2.49. The molecule has 0 aliphatic rings. The van der Waals surface area contributed by atoms with Crippen LogP contribution in [0.4, 0.5) is 17.3 Å². The third-order valence-electron chi connectivity index (χ3n) is 1.84. The van der Waals surface area contributed by atoms with Crippen molar-refractivity contribution >= 4 is 17.3 Å². The Morgan fingerprint density at radius 1 is 1.40 bits per heavy atom. The molecule has 0 aliphatic carbocycles. The Balaban J connectivity index is 2.24. The Morgan fingerprint density at radius 3 is 2.80 bits per heavy atom. The number of nitrogens with zero attached hydrogens (tertiary/aromatic N) is 4. The number of rotatable bonds is 2. The minimum Gasteiger partial charge on any atom is -0.384 e. The van der Waals surface area contributed by atoms with Gasteiger partial charge in [-0.15, -0.1) is 0 Å². The molecule has 0 aromatic carbocycles. The third kappa shape index (κ3) is 2.22. The van der Waals surface area contributed by atoms with E-state index in [1.165, 1.54) is 0 Å². The first-order chi connectivity index (χ1) is 7.13. The standard InChI is InChI=1S/C9H12N6/c1-6-12-8(10)3-9(13-6)14-7-4-11-15(2)5-7/h3-5H,1-2H3,(H3,10,12,13,14). The molecule has 0 saturated carbocycles. The summed E-state index contributed by atoms with van der Waals surface area (Å²) in [4.78, 5) is 8.19. The molecular weight excluding hydrogens is 192 g/mol. The second kappa shape index (κ2) is 3.56. The second-order valence-electron chi connectivity index (χ2n) is 3.25. The second-order valence-corrected chi connectivity index (χ2v) is 3.25. The van der Waals surface area contributed by atoms with Gasteiger partial charge in [0.05, 0.1) is 11.9 Å². The van der Waals surface area contributed by atoms with Gasteiger partial charge in [-0.2, -0.15) is 5.10 Å². The lowest BCUT2D eigenvalue weighted by Crippen LogP contribution is -2.00. The number of nitrogens with two attached hydrogens (primary N) is 1. The highest BCUT2D eigenvalue weighted by Gasteiger charge is 2.01. The molecule has 0 radical (unpaired) electrons. The molecule has 6 heteroatoms. The van der Waals surface area contributed by atoms with Crippen LogP contribution in [0.2, 0.25) is 0 Å². The summed E-state index contributed by atoms with van der Waals surface area (Å²) in [6.45, 7) is 1.80. The van der Waals surface area contributed by atoms with Crippen molar-refractivity contribution in [3.8, 4) is 0 Å². The van der Waals surface area contributed by atoms with Crippen molar-refractivity contribution in [2.45, 2.75) is 6.92 Å². The van der Waals surface area contributed by atoms with Gasteiger partial charge < -0.3 is 11.1 Å². The highest BCUT2D eigenvalue weighted by atomic mass is 15.3. The van der Waals surface area contributed by atoms with Gasteiger partial charge in [-0.05, 0) is 6.92 Å². The predicted molar refractivity (Wildman–Crippen MR) is 57.7 cm³/mol. The number of aromatic nitrogens is 4. The monoisotopic (exact) mass is 204 g/mol. The van der Waals surface area contributed by atoms with Gasteiger partial charge in [-0.1, -0.05) is 0 Å². The Hall–Kier alpha value is -2.11. The molecule has 78 valence electrons. The molecule has 0 saturated heterocycles. The first-order valence-corrected chi connectivity index (χ1v) is 4.50. The quantitative estimate of drug-likeness (QED) is 0.757. The molecule has 0 fully saturated rings. The molecule has 0 atom stereocenters. The Kier molecular flexibility index (Phi) is 2.24. The molecule has 3 N–H and O–H groups in total. The maximum absolute atomic E-state index is 5.61. The molecule has 2 aromatic heterocycles. The molecule has 2 heterocycles. The normalized spacial score (nSPS) is 10.3. The highest BCUT2D eigenvalue weighted by molar-refractivity contribution is 5.56. The van der Waals surface area contributed by atoms with E-state index < -0.39 is 0 Å². The molecule has 0 aliphatic heterocycles. The smallest absolute Gasteiger partial charge is 0.136 e. The molecule has 6 nitrogen and oxygen atoms in total. The summed E-state index contributed by atoms with van der Waals surface area (Å²) in [6, 6.07) is 1.68. The van der Waals surface area contributed by atoms with Crippen LogP contribution >= 0.6 is 0 Å². The van der Waals surface area contributed by atoms with E-state index in [1.807, 2.05) is 13.2 Å². The van der Waals surface area contributed by atoms with E-state index in [4.69, 9.17) is 5.73 Å². The minimum absolute atomic E-state index is 0.453. The van der Waals surface area contributed by atoms with Crippen LogP contribution in [-0.4, -0.2) is 19.7 Å². The maximum Gasteiger partial charge on any atom is 0.136 e. The summed E-state index contributed by atoms with van der Waals surface area (Å²) in [5.41, 5.74) is 6.48. The van der Waals surface area contributed by atoms with E-state index in [-0.39, 0.29) is 0 Å². The molecular formula is C9H12N6. The number of aryl methyl sites for hydroxylation is 2. The van der Waals surface area contributed by atoms with Gasteiger partial charge in [-0.3, -0.25) is 4.68 Å². The van der Waals surface area contributed by atoms with E-state index in [1.54, 1.807) is 23.9 Å². The molecule has 2 aromatic rings. The van der Waals surface area contributed by atoms with Gasteiger partial charge in [0.15, 0.2) is 0 Å². The molecule has 0 spiro atoms. The SMILES string of the molecule is Cc1nc(N)cc(Nc2cnn(C)c2)n1. The van der Waals surface area contributed by atoms with Crippen LogP contribution < -0.4 is 11.1 Å². The van der Waals surface area contributed by atoms with Crippen molar-refractivity contribution < 1.29 is 0 Å². The van der Waals surface area contributed by atoms with Gasteiger partial charge in [0.1, 0.15) is 17.5 Å². The van der Waals surface area contributed by atoms with Crippen LogP contribution in [-0.2, 0) is 7.05 Å². The summed E-state index contributed by atoms with van der Waals surface area (Å²) in [5.74, 6) is 1.77. The first-order valence-electron chi connectivity index (χ1n) is 4.50. The van der Waals surface area contributed by atoms with Crippen LogP contribution in [0.5, 0.6) is 0 Å². The number of hydrogen-bond acceptors (Lipinski definition) is 5. The maximum atomic E-state index is 5.61. The van der Waals surface area contributed by atoms with Crippen LogP contribution in [0.3, 0.4) is 0 Å². The number of nitrogens with one attached hydrogen (secondary N) is 1. The van der Waals surface area contributed by atoms with Crippen molar-refractivity contribution in [1.29, 1.82) is 0 Å². The number of nitrogen functional groups attached to an aromatic ring is 1. The van der Waals surface area contributed by atoms with Gasteiger partial charge in [-0.25, -0.2) is 9.97 Å². The van der Waals surface area contributed by atoms with Crippen molar-refractivity contribution in [2.75, 3.05) is 11.1 Å². The van der Waals surface area contributed by atoms with Crippen LogP contribution in [0.1, 0.15) is 5.82 Å². The van der Waals surface area contributed by atoms with E-state index in [9.17, 15) is 0 Å². The fourth-order valence-corrected chi connectivity index (χ4v) is 1.29. The fraction of sp³-hybridized carbons (Fsp3) is 0.222. The van der Waals surface area contributed by atoms with E-state index in [0.29, 0.717) is 17.5 Å². The van der Waals surface area contributed by atoms with Gasteiger partial charge in [0, 0.05) is 19.3 Å². The Bertz CT molecular complexity index is 455. The van der Waals surface area contributed by atoms with Gasteiger partial charge in [0.2, 0.25) is 0 Å². The van der Waals surface area contributed by atoms with Crippen LogP contribution in [0, 0.1) is 6.92 Å². The van der Waals surface area contributed by atoms with Crippen molar-refractivity contribution in [3.05, 3.63) is 24.3 Å². The lowest BCUT2D eigenvalue weighted by atomic mass is 10.4. The van der Waals surface area contributed by atoms with Crippen molar-refractivity contribution in [1.82, 2.24) is 19.7 Å². The molecule has 15 heavy (non-hydrogen) atoms. The highest BCUT2D eigenvalue weighted by Crippen LogP contribution is 2.14. The zero-order chi connectivity index (χ0) is 10.8. The summed E-state index contributed by atoms with van der Waals surface area (Å²) < 4.78 is 1.71. The van der Waals surface area contributed by atoms with Crippen LogP contribution in [0.15, 0.2) is 18.5 Å². The van der Waals surface area contributed by atoms with E-state index >= 15 is 0 Å². The summed E-state index contributed by atoms with van der Waals surface area (Å²) in [6.07, 6.45) is 3.57. The largest absolute Gasteiger partial charge is 0.384 e. The van der Waals surface area contributed by atoms with Crippen molar-refractivity contribution in [3.63, 3.8) is 0 Å². The molecule has 2 rings (SSSR count). The Labute approximate surface area is 87.2 Å². The fourth-order valence-electron chi connectivity index (χ4n) is 1.29. The summed E-state index contributed by atoms with van der Waals surface area (Å²) >= 11 is 0. The molecule has 0 amide bonds. The molecule has 0 unspecified atom stereocenters. The Morgan fingerprint density at radius 2 is 2.20 bits per heavy atom.